The first-order valence-corrected chi connectivity index (χ1v) is 7.45. The topological polar surface area (TPSA) is 62.5 Å². The molecule has 0 radical (unpaired) electrons. The standard InChI is InChI=1S/C18H18N2O4/c1-19-9-8-14-15(19)10-16(18(22)24-3)20(14)11-17(21)12-4-6-13(23-2)7-5-12/h4-10H,11H2,1-3H3. The second kappa shape index (κ2) is 6.23. The van der Waals surface area contributed by atoms with Crippen molar-refractivity contribution in [2.24, 2.45) is 7.05 Å². The number of ketones is 1. The van der Waals surface area contributed by atoms with Crippen LogP contribution >= 0.6 is 0 Å². The van der Waals surface area contributed by atoms with Gasteiger partial charge < -0.3 is 18.6 Å². The highest BCUT2D eigenvalue weighted by molar-refractivity contribution is 6.00. The van der Waals surface area contributed by atoms with Crippen LogP contribution in [-0.2, 0) is 18.3 Å². The van der Waals surface area contributed by atoms with E-state index in [4.69, 9.17) is 9.47 Å². The molecule has 0 N–H and O–H groups in total. The van der Waals surface area contributed by atoms with Gasteiger partial charge in [0.25, 0.3) is 0 Å². The summed E-state index contributed by atoms with van der Waals surface area (Å²) in [5, 5.41) is 0. The first-order valence-electron chi connectivity index (χ1n) is 7.45. The molecule has 0 spiro atoms. The Morgan fingerprint density at radius 3 is 2.38 bits per heavy atom. The van der Waals surface area contributed by atoms with Crippen molar-refractivity contribution in [1.29, 1.82) is 0 Å². The zero-order valence-electron chi connectivity index (χ0n) is 13.8. The molecule has 0 aliphatic heterocycles. The van der Waals surface area contributed by atoms with Gasteiger partial charge in [-0.2, -0.15) is 0 Å². The van der Waals surface area contributed by atoms with E-state index in [0.717, 1.165) is 11.0 Å². The summed E-state index contributed by atoms with van der Waals surface area (Å²) >= 11 is 0. The Labute approximate surface area is 139 Å². The molecule has 0 unspecified atom stereocenters. The number of ether oxygens (including phenoxy) is 2. The van der Waals surface area contributed by atoms with E-state index in [1.165, 1.54) is 7.11 Å². The van der Waals surface area contributed by atoms with Gasteiger partial charge in [-0.1, -0.05) is 0 Å². The Morgan fingerprint density at radius 1 is 1.04 bits per heavy atom. The average molecular weight is 326 g/mol. The number of aromatic nitrogens is 2. The average Bonchev–Trinajstić information content (AvgIpc) is 3.15. The molecule has 24 heavy (non-hydrogen) atoms. The maximum atomic E-state index is 12.6. The first kappa shape index (κ1) is 15.9. The number of methoxy groups -OCH3 is 2. The van der Waals surface area contributed by atoms with E-state index in [2.05, 4.69) is 0 Å². The molecule has 0 aliphatic rings. The third-order valence-corrected chi connectivity index (χ3v) is 4.06. The van der Waals surface area contributed by atoms with Crippen molar-refractivity contribution in [2.45, 2.75) is 6.54 Å². The predicted octanol–water partition coefficient (Wildman–Crippen LogP) is 2.66. The van der Waals surface area contributed by atoms with E-state index >= 15 is 0 Å². The number of carbonyl (C=O) groups excluding carboxylic acids is 2. The summed E-state index contributed by atoms with van der Waals surface area (Å²) < 4.78 is 13.5. The predicted molar refractivity (Wildman–Crippen MR) is 89.6 cm³/mol. The number of aryl methyl sites for hydroxylation is 1. The lowest BCUT2D eigenvalue weighted by molar-refractivity contribution is 0.0589. The number of benzene rings is 1. The van der Waals surface area contributed by atoms with Crippen LogP contribution in [0.25, 0.3) is 11.0 Å². The Kier molecular flexibility index (Phi) is 4.12. The van der Waals surface area contributed by atoms with Gasteiger partial charge in [0, 0.05) is 18.8 Å². The summed E-state index contributed by atoms with van der Waals surface area (Å²) in [5.74, 6) is 0.131. The highest BCUT2D eigenvalue weighted by Crippen LogP contribution is 2.22. The molecule has 0 amide bonds. The van der Waals surface area contributed by atoms with Gasteiger partial charge >= 0.3 is 5.97 Å². The largest absolute Gasteiger partial charge is 0.497 e. The summed E-state index contributed by atoms with van der Waals surface area (Å²) in [6.07, 6.45) is 1.89. The quantitative estimate of drug-likeness (QED) is 0.534. The van der Waals surface area contributed by atoms with Gasteiger partial charge in [-0.3, -0.25) is 4.79 Å². The molecule has 2 aromatic heterocycles. The number of carbonyl (C=O) groups is 2. The molecule has 124 valence electrons. The van der Waals surface area contributed by atoms with E-state index in [1.807, 2.05) is 23.9 Å². The molecule has 0 saturated heterocycles. The summed E-state index contributed by atoms with van der Waals surface area (Å²) in [6, 6.07) is 10.5. The number of esters is 1. The smallest absolute Gasteiger partial charge is 0.354 e. The number of hydrogen-bond acceptors (Lipinski definition) is 4. The summed E-state index contributed by atoms with van der Waals surface area (Å²) in [5.41, 5.74) is 2.61. The minimum atomic E-state index is -0.464. The van der Waals surface area contributed by atoms with Crippen LogP contribution in [0.1, 0.15) is 20.8 Å². The molecule has 0 atom stereocenters. The fraction of sp³-hybridized carbons (Fsp3) is 0.222. The molecule has 3 aromatic rings. The van der Waals surface area contributed by atoms with Gasteiger partial charge in [-0.15, -0.1) is 0 Å². The lowest BCUT2D eigenvalue weighted by Crippen LogP contribution is -2.16. The minimum absolute atomic E-state index is 0.0598. The van der Waals surface area contributed by atoms with Crippen molar-refractivity contribution in [3.05, 3.63) is 53.9 Å². The molecule has 3 rings (SSSR count). The van der Waals surface area contributed by atoms with Crippen molar-refractivity contribution in [3.8, 4) is 5.75 Å². The van der Waals surface area contributed by atoms with Crippen LogP contribution < -0.4 is 4.74 Å². The SMILES string of the molecule is COC(=O)c1cc2c(ccn2C)n1CC(=O)c1ccc(OC)cc1. The Morgan fingerprint density at radius 2 is 1.75 bits per heavy atom. The number of Topliss-reactive ketones (excluding diaryl/α,β-unsaturated/α-hetero) is 1. The zero-order chi connectivity index (χ0) is 17.3. The molecule has 0 bridgehead atoms. The maximum absolute atomic E-state index is 12.6. The minimum Gasteiger partial charge on any atom is -0.497 e. The molecule has 1 aromatic carbocycles. The van der Waals surface area contributed by atoms with Crippen molar-refractivity contribution >= 4 is 22.8 Å². The van der Waals surface area contributed by atoms with Crippen LogP contribution in [0, 0.1) is 0 Å². The normalized spacial score (nSPS) is 10.8. The van der Waals surface area contributed by atoms with E-state index in [0.29, 0.717) is 17.0 Å². The van der Waals surface area contributed by atoms with Gasteiger partial charge in [0.1, 0.15) is 11.4 Å². The van der Waals surface area contributed by atoms with Gasteiger partial charge in [-0.25, -0.2) is 4.79 Å². The van der Waals surface area contributed by atoms with E-state index in [-0.39, 0.29) is 12.3 Å². The molecule has 0 saturated carbocycles. The van der Waals surface area contributed by atoms with Crippen LogP contribution in [0.3, 0.4) is 0 Å². The first-order chi connectivity index (χ1) is 11.5. The Hall–Kier alpha value is -3.02. The molecular weight excluding hydrogens is 308 g/mol. The summed E-state index contributed by atoms with van der Waals surface area (Å²) in [7, 11) is 4.79. The number of hydrogen-bond donors (Lipinski definition) is 0. The summed E-state index contributed by atoms with van der Waals surface area (Å²) in [4.78, 5) is 24.6. The van der Waals surface area contributed by atoms with Crippen molar-refractivity contribution in [2.75, 3.05) is 14.2 Å². The van der Waals surface area contributed by atoms with Crippen LogP contribution in [0.2, 0.25) is 0 Å². The lowest BCUT2D eigenvalue weighted by Gasteiger charge is -2.08. The monoisotopic (exact) mass is 326 g/mol. The molecule has 2 heterocycles. The Balaban J connectivity index is 1.98. The van der Waals surface area contributed by atoms with Crippen LogP contribution in [-0.4, -0.2) is 35.1 Å². The fourth-order valence-corrected chi connectivity index (χ4v) is 2.73. The van der Waals surface area contributed by atoms with E-state index in [1.54, 1.807) is 42.0 Å². The second-order valence-corrected chi connectivity index (χ2v) is 5.46. The van der Waals surface area contributed by atoms with Crippen molar-refractivity contribution in [1.82, 2.24) is 9.13 Å². The fourth-order valence-electron chi connectivity index (χ4n) is 2.73. The molecular formula is C18H18N2O4. The molecule has 0 fully saturated rings. The van der Waals surface area contributed by atoms with Crippen molar-refractivity contribution in [3.63, 3.8) is 0 Å². The summed E-state index contributed by atoms with van der Waals surface area (Å²) in [6.45, 7) is 0.0598. The third kappa shape index (κ3) is 2.67. The third-order valence-electron chi connectivity index (χ3n) is 4.06. The van der Waals surface area contributed by atoms with Crippen LogP contribution in [0.4, 0.5) is 0 Å². The van der Waals surface area contributed by atoms with Crippen LogP contribution in [0.15, 0.2) is 42.6 Å². The zero-order valence-corrected chi connectivity index (χ0v) is 13.8. The lowest BCUT2D eigenvalue weighted by atomic mass is 10.1. The maximum Gasteiger partial charge on any atom is 0.354 e. The highest BCUT2D eigenvalue weighted by Gasteiger charge is 2.20. The number of rotatable bonds is 5. The van der Waals surface area contributed by atoms with Gasteiger partial charge in [0.2, 0.25) is 0 Å². The number of fused-ring (bicyclic) bond motifs is 1. The highest BCUT2D eigenvalue weighted by atomic mass is 16.5. The van der Waals surface area contributed by atoms with Gasteiger partial charge in [-0.05, 0) is 36.4 Å². The molecule has 0 aliphatic carbocycles. The van der Waals surface area contributed by atoms with Crippen LogP contribution in [0.5, 0.6) is 5.75 Å². The van der Waals surface area contributed by atoms with E-state index in [9.17, 15) is 9.59 Å². The van der Waals surface area contributed by atoms with E-state index < -0.39 is 5.97 Å². The molecule has 6 nitrogen and oxygen atoms in total. The Bertz CT molecular complexity index is 903. The number of nitrogens with zero attached hydrogens (tertiary/aromatic N) is 2. The van der Waals surface area contributed by atoms with Gasteiger partial charge in [0.15, 0.2) is 5.78 Å². The molecule has 6 heteroatoms. The van der Waals surface area contributed by atoms with Crippen molar-refractivity contribution < 1.29 is 19.1 Å². The van der Waals surface area contributed by atoms with Gasteiger partial charge in [0.05, 0.1) is 31.8 Å². The second-order valence-electron chi connectivity index (χ2n) is 5.46.